The number of carbonyl (C=O) groups excluding carboxylic acids is 3. The number of hydrogen-bond acceptors (Lipinski definition) is 9. The number of nitrogens with one attached hydrogen (secondary N) is 2. The summed E-state index contributed by atoms with van der Waals surface area (Å²) in [5.74, 6) is -0.616. The summed E-state index contributed by atoms with van der Waals surface area (Å²) >= 11 is 0. The van der Waals surface area contributed by atoms with Gasteiger partial charge in [-0.25, -0.2) is 28.3 Å². The van der Waals surface area contributed by atoms with E-state index in [0.29, 0.717) is 33.0 Å². The summed E-state index contributed by atoms with van der Waals surface area (Å²) in [5, 5.41) is 9.86. The van der Waals surface area contributed by atoms with E-state index in [0.717, 1.165) is 12.6 Å². The maximum Gasteiger partial charge on any atom is 0.472 e. The third-order valence-corrected chi connectivity index (χ3v) is 5.46. The minimum Gasteiger partial charge on any atom is -0.421 e. The summed E-state index contributed by atoms with van der Waals surface area (Å²) in [6.07, 6.45) is 1.73. The van der Waals surface area contributed by atoms with Crippen molar-refractivity contribution in [2.24, 2.45) is 0 Å². The van der Waals surface area contributed by atoms with Crippen LogP contribution in [-0.4, -0.2) is 68.1 Å². The molecule has 0 unspecified atom stereocenters. The van der Waals surface area contributed by atoms with Crippen LogP contribution in [0, 0.1) is 13.8 Å². The van der Waals surface area contributed by atoms with Crippen molar-refractivity contribution >= 4 is 42.8 Å². The van der Waals surface area contributed by atoms with Gasteiger partial charge in [0, 0.05) is 31.5 Å². The van der Waals surface area contributed by atoms with E-state index in [-0.39, 0.29) is 11.5 Å². The summed E-state index contributed by atoms with van der Waals surface area (Å²) < 4.78 is 20.8. The molecule has 0 saturated heterocycles. The summed E-state index contributed by atoms with van der Waals surface area (Å²) in [7, 11) is -2.16. The van der Waals surface area contributed by atoms with E-state index in [9.17, 15) is 18.9 Å². The molecule has 0 atom stereocenters. The van der Waals surface area contributed by atoms with Crippen LogP contribution in [0.25, 0.3) is 5.52 Å². The summed E-state index contributed by atoms with van der Waals surface area (Å²) in [6.45, 7) is 2.53. The molecule has 186 valence electrons. The molecule has 0 fully saturated rings. The van der Waals surface area contributed by atoms with Crippen LogP contribution in [0.1, 0.15) is 31.8 Å². The molecule has 0 spiro atoms. The summed E-state index contributed by atoms with van der Waals surface area (Å²) in [5.41, 5.74) is 3.03. The fraction of sp³-hybridized carbons (Fsp3) is 0.250. The Morgan fingerprint density at radius 3 is 2.60 bits per heavy atom. The van der Waals surface area contributed by atoms with Gasteiger partial charge in [-0.05, 0) is 37.1 Å². The van der Waals surface area contributed by atoms with Crippen molar-refractivity contribution in [1.29, 1.82) is 0 Å². The predicted octanol–water partition coefficient (Wildman–Crippen LogP) is 1.72. The molecular weight excluding hydrogens is 483 g/mol. The fourth-order valence-corrected chi connectivity index (χ4v) is 3.34. The van der Waals surface area contributed by atoms with Crippen LogP contribution in [0.3, 0.4) is 0 Å². The van der Waals surface area contributed by atoms with Gasteiger partial charge in [-0.3, -0.25) is 9.59 Å². The number of fused-ring (bicyclic) bond motifs is 1. The van der Waals surface area contributed by atoms with E-state index < -0.39 is 26.6 Å². The van der Waals surface area contributed by atoms with Crippen molar-refractivity contribution in [3.05, 3.63) is 53.0 Å². The molecule has 15 heteroatoms. The fourth-order valence-electron chi connectivity index (χ4n) is 3.15. The highest BCUT2D eigenvalue weighted by Gasteiger charge is 2.23. The smallest absolute Gasteiger partial charge is 0.421 e. The first-order valence-corrected chi connectivity index (χ1v) is 11.5. The van der Waals surface area contributed by atoms with Gasteiger partial charge in [-0.2, -0.15) is 5.10 Å². The van der Waals surface area contributed by atoms with Gasteiger partial charge in [0.25, 0.3) is 11.8 Å². The number of rotatable bonds is 7. The number of anilines is 2. The average molecular weight is 506 g/mol. The number of amides is 3. The molecule has 0 aliphatic rings. The number of ether oxygens (including phenoxy) is 1. The molecule has 0 saturated carbocycles. The quantitative estimate of drug-likeness (QED) is 0.270. The number of phosphoric acid groups is 1. The second kappa shape index (κ2) is 10.2. The standard InChI is InChI=1S/C20H23N6O8P/c1-11-5-6-13(19(28)25(4)20(29)33-10-34-35(30,31)32)7-15(11)24-17-16-12(2)14(18(27)21-3)8-26(16)23-9-22-17/h5-9H,10H2,1-4H3,(H,21,27)(H,22,23,24)(H2,30,31,32). The predicted molar refractivity (Wildman–Crippen MR) is 122 cm³/mol. The van der Waals surface area contributed by atoms with E-state index in [2.05, 4.69) is 30.0 Å². The lowest BCUT2D eigenvalue weighted by Gasteiger charge is -2.17. The maximum absolute atomic E-state index is 12.8. The number of aryl methyl sites for hydroxylation is 2. The third kappa shape index (κ3) is 5.81. The van der Waals surface area contributed by atoms with Crippen LogP contribution in [0.15, 0.2) is 30.7 Å². The number of benzene rings is 1. The van der Waals surface area contributed by atoms with E-state index in [1.165, 1.54) is 30.0 Å². The third-order valence-electron chi connectivity index (χ3n) is 5.02. The van der Waals surface area contributed by atoms with Crippen LogP contribution in [-0.2, 0) is 13.8 Å². The first-order chi connectivity index (χ1) is 16.4. The zero-order chi connectivity index (χ0) is 25.9. The minimum atomic E-state index is -4.83. The van der Waals surface area contributed by atoms with Crippen molar-refractivity contribution in [3.63, 3.8) is 0 Å². The molecule has 1 aromatic carbocycles. The molecule has 0 aliphatic heterocycles. The zero-order valence-corrected chi connectivity index (χ0v) is 20.1. The first kappa shape index (κ1) is 25.8. The molecule has 3 aromatic rings. The van der Waals surface area contributed by atoms with E-state index in [1.807, 2.05) is 0 Å². The van der Waals surface area contributed by atoms with Crippen LogP contribution >= 0.6 is 7.82 Å². The molecule has 2 aromatic heterocycles. The summed E-state index contributed by atoms with van der Waals surface area (Å²) in [6, 6.07) is 4.66. The lowest BCUT2D eigenvalue weighted by molar-refractivity contribution is 0.0236. The van der Waals surface area contributed by atoms with E-state index in [4.69, 9.17) is 9.79 Å². The zero-order valence-electron chi connectivity index (χ0n) is 19.2. The number of hydrogen-bond donors (Lipinski definition) is 4. The molecule has 35 heavy (non-hydrogen) atoms. The van der Waals surface area contributed by atoms with Crippen molar-refractivity contribution in [1.82, 2.24) is 24.8 Å². The highest BCUT2D eigenvalue weighted by molar-refractivity contribution is 7.46. The van der Waals surface area contributed by atoms with Gasteiger partial charge >= 0.3 is 13.9 Å². The molecule has 14 nitrogen and oxygen atoms in total. The maximum atomic E-state index is 12.8. The van der Waals surface area contributed by atoms with Crippen LogP contribution in [0.4, 0.5) is 16.3 Å². The Labute approximate surface area is 199 Å². The molecule has 0 bridgehead atoms. The Morgan fingerprint density at radius 2 is 1.94 bits per heavy atom. The highest BCUT2D eigenvalue weighted by Crippen LogP contribution is 2.35. The normalized spacial score (nSPS) is 11.3. The Morgan fingerprint density at radius 1 is 1.23 bits per heavy atom. The Kier molecular flexibility index (Phi) is 7.51. The number of phosphoric ester groups is 1. The van der Waals surface area contributed by atoms with Gasteiger partial charge in [-0.15, -0.1) is 0 Å². The Bertz CT molecular complexity index is 1350. The van der Waals surface area contributed by atoms with Gasteiger partial charge in [0.15, 0.2) is 5.82 Å². The number of carbonyl (C=O) groups is 3. The monoisotopic (exact) mass is 506 g/mol. The summed E-state index contributed by atoms with van der Waals surface area (Å²) in [4.78, 5) is 59.1. The highest BCUT2D eigenvalue weighted by atomic mass is 31.2. The topological polar surface area (TPSA) is 185 Å². The molecule has 0 radical (unpaired) electrons. The molecule has 0 aliphatic carbocycles. The largest absolute Gasteiger partial charge is 0.472 e. The minimum absolute atomic E-state index is 0.122. The van der Waals surface area contributed by atoms with Crippen LogP contribution in [0.5, 0.6) is 0 Å². The molecule has 2 heterocycles. The van der Waals surface area contributed by atoms with E-state index >= 15 is 0 Å². The number of nitrogens with zero attached hydrogens (tertiary/aromatic N) is 4. The van der Waals surface area contributed by atoms with Crippen LogP contribution < -0.4 is 10.6 Å². The lowest BCUT2D eigenvalue weighted by atomic mass is 10.1. The second-order valence-corrected chi connectivity index (χ2v) is 8.55. The van der Waals surface area contributed by atoms with E-state index in [1.54, 1.807) is 26.1 Å². The number of aromatic nitrogens is 3. The van der Waals surface area contributed by atoms with Crippen molar-refractivity contribution in [2.75, 3.05) is 26.2 Å². The van der Waals surface area contributed by atoms with Crippen LogP contribution in [0.2, 0.25) is 0 Å². The molecular formula is C20H23N6O8P. The van der Waals surface area contributed by atoms with Gasteiger partial charge < -0.3 is 25.2 Å². The lowest BCUT2D eigenvalue weighted by Crippen LogP contribution is -2.34. The second-order valence-electron chi connectivity index (χ2n) is 7.32. The Hall–Kier alpha value is -3.84. The molecule has 4 N–H and O–H groups in total. The SMILES string of the molecule is CNC(=O)c1cn2ncnc(Nc3cc(C(=O)N(C)C(=O)OCOP(=O)(O)O)ccc3C)c2c1C. The molecule has 3 rings (SSSR count). The Balaban J connectivity index is 1.85. The van der Waals surface area contributed by atoms with Gasteiger partial charge in [0.2, 0.25) is 6.79 Å². The van der Waals surface area contributed by atoms with Gasteiger partial charge in [-0.1, -0.05) is 6.07 Å². The van der Waals surface area contributed by atoms with Crippen molar-refractivity contribution < 1.29 is 38.0 Å². The number of imide groups is 1. The average Bonchev–Trinajstić information content (AvgIpc) is 3.15. The molecule has 3 amide bonds. The first-order valence-electron chi connectivity index (χ1n) is 10.0. The van der Waals surface area contributed by atoms with Crippen molar-refractivity contribution in [3.8, 4) is 0 Å². The van der Waals surface area contributed by atoms with Crippen molar-refractivity contribution in [2.45, 2.75) is 13.8 Å². The van der Waals surface area contributed by atoms with Gasteiger partial charge in [0.05, 0.1) is 5.56 Å². The van der Waals surface area contributed by atoms with Gasteiger partial charge in [0.1, 0.15) is 11.8 Å².